The molecule has 2 rings (SSSR count). The first-order valence-corrected chi connectivity index (χ1v) is 6.92. The monoisotopic (exact) mass is 296 g/mol. The van der Waals surface area contributed by atoms with Gasteiger partial charge < -0.3 is 14.9 Å². The number of phenols is 1. The number of hydrogen-bond donors (Lipinski definition) is 2. The Morgan fingerprint density at radius 2 is 1.95 bits per heavy atom. The van der Waals surface area contributed by atoms with E-state index < -0.39 is 11.6 Å². The lowest BCUT2D eigenvalue weighted by Crippen LogP contribution is -2.39. The fraction of sp³-hybridized carbons (Fsp3) is 0.400. The topological polar surface area (TPSA) is 66.8 Å². The predicted molar refractivity (Wildman–Crippen MR) is 75.7 cm³/mol. The summed E-state index contributed by atoms with van der Waals surface area (Å²) in [6.07, 6.45) is 2.12. The number of aliphatic hydroxyl groups is 1. The molecule has 0 saturated carbocycles. The highest BCUT2D eigenvalue weighted by molar-refractivity contribution is 6.41. The Hall–Kier alpha value is -1.68. The predicted octanol–water partition coefficient (Wildman–Crippen LogP) is 3.43. The summed E-state index contributed by atoms with van der Waals surface area (Å²) < 4.78 is 5.41. The van der Waals surface area contributed by atoms with Crippen molar-refractivity contribution in [2.45, 2.75) is 38.2 Å². The van der Waals surface area contributed by atoms with Gasteiger partial charge in [0.1, 0.15) is 17.1 Å². The maximum Gasteiger partial charge on any atom is 0.353 e. The van der Waals surface area contributed by atoms with Crippen LogP contribution in [0.25, 0.3) is 0 Å². The molecule has 0 fully saturated rings. The molecule has 1 aliphatic heterocycles. The largest absolute Gasteiger partial charge is 0.510 e. The van der Waals surface area contributed by atoms with Crippen LogP contribution in [0.5, 0.6) is 5.75 Å². The molecule has 0 radical (unpaired) electrons. The number of hydrogen-bond acceptors (Lipinski definition) is 4. The molecule has 1 atom stereocenters. The SMILES string of the molecule is CCC1(CCc2ccc(O)cc2)CC(O)=C(Cl)C(=O)O1. The van der Waals surface area contributed by atoms with Crippen LogP contribution in [0.4, 0.5) is 0 Å². The highest BCUT2D eigenvalue weighted by Gasteiger charge is 2.39. The molecular formula is C15H17ClO4. The van der Waals surface area contributed by atoms with Gasteiger partial charge in [-0.3, -0.25) is 0 Å². The summed E-state index contributed by atoms with van der Waals surface area (Å²) in [6, 6.07) is 6.89. The minimum Gasteiger partial charge on any atom is -0.510 e. The summed E-state index contributed by atoms with van der Waals surface area (Å²) in [5.41, 5.74) is 0.323. The number of cyclic esters (lactones) is 1. The number of aromatic hydroxyl groups is 1. The van der Waals surface area contributed by atoms with Crippen molar-refractivity contribution >= 4 is 17.6 Å². The Morgan fingerprint density at radius 1 is 1.30 bits per heavy atom. The first kappa shape index (κ1) is 14.7. The number of phenolic OH excluding ortho intramolecular Hbond substituents is 1. The Kier molecular flexibility index (Phi) is 4.23. The second-order valence-corrected chi connectivity index (χ2v) is 5.41. The number of aryl methyl sites for hydroxylation is 1. The summed E-state index contributed by atoms with van der Waals surface area (Å²) >= 11 is 5.66. The van der Waals surface area contributed by atoms with Gasteiger partial charge in [-0.1, -0.05) is 30.7 Å². The van der Waals surface area contributed by atoms with E-state index in [9.17, 15) is 15.0 Å². The van der Waals surface area contributed by atoms with Crippen LogP contribution in [0.2, 0.25) is 0 Å². The van der Waals surface area contributed by atoms with Crippen molar-refractivity contribution in [3.8, 4) is 5.75 Å². The van der Waals surface area contributed by atoms with Crippen molar-refractivity contribution in [1.82, 2.24) is 0 Å². The number of halogens is 1. The quantitative estimate of drug-likeness (QED) is 0.835. The molecule has 1 aromatic carbocycles. The van der Waals surface area contributed by atoms with Gasteiger partial charge in [-0.2, -0.15) is 0 Å². The lowest BCUT2D eigenvalue weighted by atomic mass is 9.86. The van der Waals surface area contributed by atoms with Crippen LogP contribution < -0.4 is 0 Å². The number of rotatable bonds is 4. The average Bonchev–Trinajstić information content (AvgIpc) is 2.44. The van der Waals surface area contributed by atoms with E-state index in [1.54, 1.807) is 12.1 Å². The standard InChI is InChI=1S/C15H17ClO4/c1-2-15(9-12(18)13(16)14(19)20-15)8-7-10-3-5-11(17)6-4-10/h3-6,17-18H,2,7-9H2,1H3. The zero-order valence-electron chi connectivity index (χ0n) is 11.2. The highest BCUT2D eigenvalue weighted by Crippen LogP contribution is 2.36. The van der Waals surface area contributed by atoms with Crippen LogP contribution in [-0.4, -0.2) is 21.8 Å². The van der Waals surface area contributed by atoms with Gasteiger partial charge in [0.05, 0.1) is 0 Å². The van der Waals surface area contributed by atoms with Gasteiger partial charge in [0.25, 0.3) is 0 Å². The van der Waals surface area contributed by atoms with E-state index in [4.69, 9.17) is 16.3 Å². The zero-order valence-corrected chi connectivity index (χ0v) is 12.0. The molecule has 1 aromatic rings. The van der Waals surface area contributed by atoms with Gasteiger partial charge in [-0.25, -0.2) is 4.79 Å². The maximum atomic E-state index is 11.6. The molecule has 4 nitrogen and oxygen atoms in total. The summed E-state index contributed by atoms with van der Waals surface area (Å²) in [5, 5.41) is 18.8. The molecular weight excluding hydrogens is 280 g/mol. The lowest BCUT2D eigenvalue weighted by Gasteiger charge is -2.35. The van der Waals surface area contributed by atoms with Gasteiger partial charge in [0, 0.05) is 6.42 Å². The van der Waals surface area contributed by atoms with Crippen molar-refractivity contribution < 1.29 is 19.7 Å². The molecule has 0 spiro atoms. The van der Waals surface area contributed by atoms with Gasteiger partial charge in [0.2, 0.25) is 0 Å². The molecule has 1 heterocycles. The number of ether oxygens (including phenoxy) is 1. The third-order valence-corrected chi connectivity index (χ3v) is 4.05. The van der Waals surface area contributed by atoms with Gasteiger partial charge in [0.15, 0.2) is 5.03 Å². The molecule has 0 aliphatic carbocycles. The molecule has 2 N–H and O–H groups in total. The second kappa shape index (κ2) is 5.75. The number of esters is 1. The van der Waals surface area contributed by atoms with Crippen LogP contribution in [0, 0.1) is 0 Å². The molecule has 0 bridgehead atoms. The van der Waals surface area contributed by atoms with E-state index in [2.05, 4.69) is 0 Å². The Morgan fingerprint density at radius 3 is 2.50 bits per heavy atom. The molecule has 0 aromatic heterocycles. The number of carbonyl (C=O) groups excluding carboxylic acids is 1. The fourth-order valence-electron chi connectivity index (χ4n) is 2.33. The third kappa shape index (κ3) is 3.07. The number of benzene rings is 1. The van der Waals surface area contributed by atoms with Crippen molar-refractivity contribution in [3.63, 3.8) is 0 Å². The minimum absolute atomic E-state index is 0.101. The van der Waals surface area contributed by atoms with Crippen LogP contribution in [0.3, 0.4) is 0 Å². The molecule has 0 saturated heterocycles. The lowest BCUT2D eigenvalue weighted by molar-refractivity contribution is -0.159. The van der Waals surface area contributed by atoms with Gasteiger partial charge in [-0.05, 0) is 37.0 Å². The Labute approximate surface area is 122 Å². The zero-order chi connectivity index (χ0) is 14.8. The van der Waals surface area contributed by atoms with Gasteiger partial charge in [-0.15, -0.1) is 0 Å². The van der Waals surface area contributed by atoms with Crippen LogP contribution in [-0.2, 0) is 16.0 Å². The molecule has 0 amide bonds. The van der Waals surface area contributed by atoms with Crippen LogP contribution in [0.15, 0.2) is 35.1 Å². The van der Waals surface area contributed by atoms with Gasteiger partial charge >= 0.3 is 5.97 Å². The first-order valence-electron chi connectivity index (χ1n) is 6.54. The summed E-state index contributed by atoms with van der Waals surface area (Å²) in [4.78, 5) is 11.6. The Bertz CT molecular complexity index is 535. The number of carbonyl (C=O) groups is 1. The van der Waals surface area contributed by atoms with Crippen LogP contribution >= 0.6 is 11.6 Å². The average molecular weight is 297 g/mol. The molecule has 108 valence electrons. The smallest absolute Gasteiger partial charge is 0.353 e. The third-order valence-electron chi connectivity index (χ3n) is 3.68. The van der Waals surface area contributed by atoms with Crippen molar-refractivity contribution in [1.29, 1.82) is 0 Å². The van der Waals surface area contributed by atoms with E-state index in [-0.39, 0.29) is 23.0 Å². The Balaban J connectivity index is 2.09. The van der Waals surface area contributed by atoms with Crippen LogP contribution in [0.1, 0.15) is 31.7 Å². The van der Waals surface area contributed by atoms with Crippen molar-refractivity contribution in [2.75, 3.05) is 0 Å². The fourth-order valence-corrected chi connectivity index (χ4v) is 2.43. The van der Waals surface area contributed by atoms with E-state index in [1.165, 1.54) is 0 Å². The normalized spacial score (nSPS) is 22.8. The maximum absolute atomic E-state index is 11.6. The molecule has 5 heteroatoms. The van der Waals surface area contributed by atoms with E-state index in [0.717, 1.165) is 5.56 Å². The summed E-state index contributed by atoms with van der Waals surface area (Å²) in [6.45, 7) is 1.91. The minimum atomic E-state index is -0.711. The molecule has 1 aliphatic rings. The van der Waals surface area contributed by atoms with E-state index in [0.29, 0.717) is 19.3 Å². The summed E-state index contributed by atoms with van der Waals surface area (Å²) in [7, 11) is 0. The van der Waals surface area contributed by atoms with E-state index >= 15 is 0 Å². The molecule has 20 heavy (non-hydrogen) atoms. The van der Waals surface area contributed by atoms with Crippen molar-refractivity contribution in [2.24, 2.45) is 0 Å². The first-order chi connectivity index (χ1) is 9.46. The van der Waals surface area contributed by atoms with Crippen molar-refractivity contribution in [3.05, 3.63) is 40.6 Å². The number of aliphatic hydroxyl groups excluding tert-OH is 1. The highest BCUT2D eigenvalue weighted by atomic mass is 35.5. The summed E-state index contributed by atoms with van der Waals surface area (Å²) in [5.74, 6) is -0.547. The molecule has 1 unspecified atom stereocenters. The van der Waals surface area contributed by atoms with E-state index in [1.807, 2.05) is 19.1 Å². The second-order valence-electron chi connectivity index (χ2n) is 5.03.